The molecule has 0 spiro atoms. The van der Waals surface area contributed by atoms with E-state index in [2.05, 4.69) is 10.3 Å². The van der Waals surface area contributed by atoms with Gasteiger partial charge in [-0.2, -0.15) is 0 Å². The van der Waals surface area contributed by atoms with Gasteiger partial charge in [0.1, 0.15) is 5.60 Å². The Balaban J connectivity index is 1.89. The van der Waals surface area contributed by atoms with Crippen LogP contribution in [-0.2, 0) is 11.3 Å². The van der Waals surface area contributed by atoms with Crippen molar-refractivity contribution in [3.05, 3.63) is 11.1 Å². The number of hydrogen-bond donors (Lipinski definition) is 2. The Labute approximate surface area is 129 Å². The van der Waals surface area contributed by atoms with Crippen LogP contribution >= 0.6 is 11.3 Å². The molecule has 1 aliphatic heterocycles. The molecule has 2 heterocycles. The second-order valence-corrected chi connectivity index (χ2v) is 7.36. The van der Waals surface area contributed by atoms with Gasteiger partial charge in [0.05, 0.1) is 0 Å². The molecule has 7 heteroatoms. The maximum atomic E-state index is 12.1. The Morgan fingerprint density at radius 2 is 2.38 bits per heavy atom. The Morgan fingerprint density at radius 1 is 1.62 bits per heavy atom. The van der Waals surface area contributed by atoms with E-state index in [1.54, 1.807) is 22.4 Å². The number of rotatable bonds is 3. The highest BCUT2D eigenvalue weighted by molar-refractivity contribution is 7.15. The van der Waals surface area contributed by atoms with Crippen molar-refractivity contribution < 1.29 is 9.53 Å². The minimum absolute atomic E-state index is 0.211. The number of piperidine rings is 1. The predicted molar refractivity (Wildman–Crippen MR) is 84.5 cm³/mol. The van der Waals surface area contributed by atoms with E-state index in [4.69, 9.17) is 10.5 Å². The quantitative estimate of drug-likeness (QED) is 0.896. The van der Waals surface area contributed by atoms with Gasteiger partial charge >= 0.3 is 6.09 Å². The predicted octanol–water partition coefficient (Wildman–Crippen LogP) is 2.41. The zero-order valence-electron chi connectivity index (χ0n) is 12.9. The third-order valence-electron chi connectivity index (χ3n) is 3.16. The summed E-state index contributed by atoms with van der Waals surface area (Å²) >= 11 is 1.56. The molecule has 118 valence electrons. The fourth-order valence-electron chi connectivity index (χ4n) is 2.23. The van der Waals surface area contributed by atoms with Crippen LogP contribution in [0, 0.1) is 0 Å². The number of thiazole rings is 1. The molecule has 1 saturated heterocycles. The van der Waals surface area contributed by atoms with Gasteiger partial charge in [0, 0.05) is 36.8 Å². The molecule has 0 bridgehead atoms. The van der Waals surface area contributed by atoms with Crippen LogP contribution in [0.4, 0.5) is 9.93 Å². The van der Waals surface area contributed by atoms with Gasteiger partial charge in [0.25, 0.3) is 0 Å². The van der Waals surface area contributed by atoms with E-state index in [0.717, 1.165) is 29.4 Å². The largest absolute Gasteiger partial charge is 0.444 e. The number of aromatic nitrogens is 1. The molecule has 1 unspecified atom stereocenters. The Morgan fingerprint density at radius 3 is 3.00 bits per heavy atom. The van der Waals surface area contributed by atoms with Crippen molar-refractivity contribution in [1.82, 2.24) is 9.88 Å². The fraction of sp³-hybridized carbons (Fsp3) is 0.714. The first-order chi connectivity index (χ1) is 9.87. The van der Waals surface area contributed by atoms with Gasteiger partial charge in [0.15, 0.2) is 5.13 Å². The van der Waals surface area contributed by atoms with Gasteiger partial charge < -0.3 is 20.7 Å². The minimum atomic E-state index is -0.456. The molecule has 1 aliphatic rings. The number of nitrogens with one attached hydrogen (secondary N) is 1. The zero-order chi connectivity index (χ0) is 15.5. The molecule has 2 rings (SSSR count). The maximum Gasteiger partial charge on any atom is 0.410 e. The zero-order valence-corrected chi connectivity index (χ0v) is 13.7. The first kappa shape index (κ1) is 16.0. The average Bonchev–Trinajstić information content (AvgIpc) is 2.85. The lowest BCUT2D eigenvalue weighted by Gasteiger charge is -2.34. The van der Waals surface area contributed by atoms with Crippen LogP contribution in [0.2, 0.25) is 0 Å². The van der Waals surface area contributed by atoms with E-state index in [1.807, 2.05) is 20.8 Å². The second-order valence-electron chi connectivity index (χ2n) is 6.25. The van der Waals surface area contributed by atoms with Crippen molar-refractivity contribution >= 4 is 22.6 Å². The van der Waals surface area contributed by atoms with E-state index in [1.165, 1.54) is 0 Å². The summed E-state index contributed by atoms with van der Waals surface area (Å²) < 4.78 is 5.43. The van der Waals surface area contributed by atoms with Crippen LogP contribution in [0.15, 0.2) is 6.20 Å². The van der Waals surface area contributed by atoms with E-state index in [9.17, 15) is 4.79 Å². The van der Waals surface area contributed by atoms with Crippen molar-refractivity contribution in [2.45, 2.75) is 51.8 Å². The summed E-state index contributed by atoms with van der Waals surface area (Å²) in [6, 6.07) is 0.211. The summed E-state index contributed by atoms with van der Waals surface area (Å²) in [6.45, 7) is 7.55. The topological polar surface area (TPSA) is 80.5 Å². The molecule has 1 amide bonds. The van der Waals surface area contributed by atoms with E-state index < -0.39 is 5.60 Å². The lowest BCUT2D eigenvalue weighted by molar-refractivity contribution is 0.0206. The lowest BCUT2D eigenvalue weighted by atomic mass is 10.1. The van der Waals surface area contributed by atoms with Crippen molar-refractivity contribution in [3.8, 4) is 0 Å². The molecular weight excluding hydrogens is 288 g/mol. The van der Waals surface area contributed by atoms with Crippen LogP contribution in [-0.4, -0.2) is 40.7 Å². The van der Waals surface area contributed by atoms with Gasteiger partial charge in [-0.05, 0) is 33.6 Å². The first-order valence-corrected chi connectivity index (χ1v) is 8.08. The molecule has 1 atom stereocenters. The second kappa shape index (κ2) is 6.62. The number of carbonyl (C=O) groups excluding carboxylic acids is 1. The highest BCUT2D eigenvalue weighted by Gasteiger charge is 2.27. The van der Waals surface area contributed by atoms with Gasteiger partial charge in [-0.3, -0.25) is 0 Å². The number of carbonyl (C=O) groups is 1. The van der Waals surface area contributed by atoms with E-state index in [-0.39, 0.29) is 12.1 Å². The van der Waals surface area contributed by atoms with E-state index in [0.29, 0.717) is 13.1 Å². The molecule has 21 heavy (non-hydrogen) atoms. The summed E-state index contributed by atoms with van der Waals surface area (Å²) in [5, 5.41) is 4.25. The number of nitrogens with zero attached hydrogens (tertiary/aromatic N) is 2. The molecule has 1 fully saturated rings. The molecule has 1 aromatic heterocycles. The number of ether oxygens (including phenoxy) is 1. The smallest absolute Gasteiger partial charge is 0.410 e. The molecular formula is C14H24N4O2S. The molecule has 1 aromatic rings. The van der Waals surface area contributed by atoms with Crippen LogP contribution in [0.5, 0.6) is 0 Å². The monoisotopic (exact) mass is 312 g/mol. The van der Waals surface area contributed by atoms with Crippen LogP contribution in [0.3, 0.4) is 0 Å². The summed E-state index contributed by atoms with van der Waals surface area (Å²) in [6.07, 6.45) is 3.54. The Hall–Kier alpha value is -1.34. The SMILES string of the molecule is CC(C)(C)OC(=O)N1CCCC(Nc2ncc(CN)s2)C1. The summed E-state index contributed by atoms with van der Waals surface area (Å²) in [5.41, 5.74) is 5.13. The highest BCUT2D eigenvalue weighted by Crippen LogP contribution is 2.22. The standard InChI is InChI=1S/C14H24N4O2S/c1-14(2,3)20-13(19)18-6-4-5-10(9-18)17-12-16-8-11(7-15)21-12/h8,10H,4-7,9,15H2,1-3H3,(H,16,17). The van der Waals surface area contributed by atoms with Crippen LogP contribution < -0.4 is 11.1 Å². The van der Waals surface area contributed by atoms with Gasteiger partial charge in [0.2, 0.25) is 0 Å². The Bertz CT molecular complexity index is 484. The average molecular weight is 312 g/mol. The lowest BCUT2D eigenvalue weighted by Crippen LogP contribution is -2.46. The maximum absolute atomic E-state index is 12.1. The summed E-state index contributed by atoms with van der Waals surface area (Å²) in [7, 11) is 0. The fourth-order valence-corrected chi connectivity index (χ4v) is 3.00. The van der Waals surface area contributed by atoms with Crippen LogP contribution in [0.1, 0.15) is 38.5 Å². The van der Waals surface area contributed by atoms with Gasteiger partial charge in [-0.15, -0.1) is 11.3 Å². The first-order valence-electron chi connectivity index (χ1n) is 7.26. The highest BCUT2D eigenvalue weighted by atomic mass is 32.1. The van der Waals surface area contributed by atoms with Crippen LogP contribution in [0.25, 0.3) is 0 Å². The molecule has 6 nitrogen and oxygen atoms in total. The number of anilines is 1. The number of amides is 1. The normalized spacial score (nSPS) is 19.4. The van der Waals surface area contributed by atoms with Crippen molar-refractivity contribution in [1.29, 1.82) is 0 Å². The molecule has 0 radical (unpaired) electrons. The minimum Gasteiger partial charge on any atom is -0.444 e. The summed E-state index contributed by atoms with van der Waals surface area (Å²) in [4.78, 5) is 19.2. The molecule has 0 aromatic carbocycles. The Kier molecular flexibility index (Phi) is 5.05. The number of likely N-dealkylation sites (tertiary alicyclic amines) is 1. The van der Waals surface area contributed by atoms with Crippen molar-refractivity contribution in [2.75, 3.05) is 18.4 Å². The number of nitrogens with two attached hydrogens (primary N) is 1. The number of hydrogen-bond acceptors (Lipinski definition) is 6. The van der Waals surface area contributed by atoms with Gasteiger partial charge in [-0.25, -0.2) is 9.78 Å². The molecule has 0 aliphatic carbocycles. The molecule has 0 saturated carbocycles. The van der Waals surface area contributed by atoms with Crippen molar-refractivity contribution in [2.24, 2.45) is 5.73 Å². The van der Waals surface area contributed by atoms with E-state index >= 15 is 0 Å². The third-order valence-corrected chi connectivity index (χ3v) is 4.11. The van der Waals surface area contributed by atoms with Gasteiger partial charge in [-0.1, -0.05) is 0 Å². The summed E-state index contributed by atoms with van der Waals surface area (Å²) in [5.74, 6) is 0. The molecule has 3 N–H and O–H groups in total. The third kappa shape index (κ3) is 4.86. The van der Waals surface area contributed by atoms with Crippen molar-refractivity contribution in [3.63, 3.8) is 0 Å².